The Kier molecular flexibility index (Phi) is 5.26. The van der Waals surface area contributed by atoms with Crippen LogP contribution in [0, 0.1) is 0 Å². The van der Waals surface area contributed by atoms with E-state index < -0.39 is 0 Å². The van der Waals surface area contributed by atoms with E-state index in [1.54, 1.807) is 35.2 Å². The number of aromatic nitrogens is 1. The lowest BCUT2D eigenvalue weighted by Gasteiger charge is -2.26. The predicted molar refractivity (Wildman–Crippen MR) is 108 cm³/mol. The van der Waals surface area contributed by atoms with E-state index in [-0.39, 0.29) is 11.7 Å². The molecule has 4 rings (SSSR count). The summed E-state index contributed by atoms with van der Waals surface area (Å²) < 4.78 is 5.27. The summed E-state index contributed by atoms with van der Waals surface area (Å²) in [6, 6.07) is 18.5. The van der Waals surface area contributed by atoms with Crippen molar-refractivity contribution in [2.24, 2.45) is 0 Å². The van der Waals surface area contributed by atoms with Gasteiger partial charge in [-0.05, 0) is 36.4 Å². The molecule has 140 valence electrons. The molecule has 0 spiro atoms. The zero-order chi connectivity index (χ0) is 19.3. The minimum atomic E-state index is -0.125. The Morgan fingerprint density at radius 1 is 0.893 bits per heavy atom. The molecular formula is C23H20N2O3. The minimum absolute atomic E-state index is 0.0294. The first-order valence-corrected chi connectivity index (χ1v) is 9.26. The SMILES string of the molecule is O=C(/C=C/c1ccc2ccccc2n1)c1ccc(C(=O)N2CCOCC2)cc1. The van der Waals surface area contributed by atoms with Crippen molar-refractivity contribution in [1.29, 1.82) is 0 Å². The Morgan fingerprint density at radius 3 is 2.39 bits per heavy atom. The number of ether oxygens (including phenoxy) is 1. The van der Waals surface area contributed by atoms with Crippen LogP contribution < -0.4 is 0 Å². The molecule has 0 radical (unpaired) electrons. The van der Waals surface area contributed by atoms with Crippen LogP contribution in [0.15, 0.2) is 66.7 Å². The van der Waals surface area contributed by atoms with E-state index in [2.05, 4.69) is 4.98 Å². The van der Waals surface area contributed by atoms with Crippen molar-refractivity contribution in [2.45, 2.75) is 0 Å². The van der Waals surface area contributed by atoms with Crippen LogP contribution in [0.1, 0.15) is 26.4 Å². The van der Waals surface area contributed by atoms with Crippen molar-refractivity contribution < 1.29 is 14.3 Å². The molecule has 0 bridgehead atoms. The van der Waals surface area contributed by atoms with E-state index in [1.807, 2.05) is 36.4 Å². The third-order valence-corrected chi connectivity index (χ3v) is 4.74. The average Bonchev–Trinajstić information content (AvgIpc) is 2.77. The van der Waals surface area contributed by atoms with E-state index in [0.717, 1.165) is 16.6 Å². The Hall–Kier alpha value is -3.31. The monoisotopic (exact) mass is 372 g/mol. The highest BCUT2D eigenvalue weighted by molar-refractivity contribution is 6.07. The lowest BCUT2D eigenvalue weighted by Crippen LogP contribution is -2.40. The molecule has 0 aliphatic carbocycles. The van der Waals surface area contributed by atoms with Crippen LogP contribution in [-0.4, -0.2) is 47.9 Å². The molecule has 1 aromatic heterocycles. The summed E-state index contributed by atoms with van der Waals surface area (Å²) in [4.78, 5) is 31.2. The number of pyridine rings is 1. The van der Waals surface area contributed by atoms with Gasteiger partial charge in [-0.2, -0.15) is 0 Å². The van der Waals surface area contributed by atoms with Crippen molar-refractivity contribution in [3.8, 4) is 0 Å². The lowest BCUT2D eigenvalue weighted by molar-refractivity contribution is 0.0303. The number of para-hydroxylation sites is 1. The third-order valence-electron chi connectivity index (χ3n) is 4.74. The van der Waals surface area contributed by atoms with E-state index >= 15 is 0 Å². The van der Waals surface area contributed by atoms with E-state index in [9.17, 15) is 9.59 Å². The molecule has 1 aliphatic heterocycles. The van der Waals surface area contributed by atoms with Crippen LogP contribution in [0.5, 0.6) is 0 Å². The number of hydrogen-bond acceptors (Lipinski definition) is 4. The molecule has 5 heteroatoms. The third kappa shape index (κ3) is 4.00. The standard InChI is InChI=1S/C23H20N2O3/c26-22(12-11-20-10-9-17-3-1-2-4-21(17)24-20)18-5-7-19(8-6-18)23(27)25-13-15-28-16-14-25/h1-12H,13-16H2/b12-11+. The van der Waals surface area contributed by atoms with Gasteiger partial charge in [0.2, 0.25) is 0 Å². The molecule has 1 fully saturated rings. The van der Waals surface area contributed by atoms with Gasteiger partial charge in [-0.3, -0.25) is 9.59 Å². The second-order valence-corrected chi connectivity index (χ2v) is 6.61. The molecule has 28 heavy (non-hydrogen) atoms. The molecule has 0 N–H and O–H groups in total. The number of benzene rings is 2. The average molecular weight is 372 g/mol. The second kappa shape index (κ2) is 8.15. The summed E-state index contributed by atoms with van der Waals surface area (Å²) in [7, 11) is 0. The van der Waals surface area contributed by atoms with Gasteiger partial charge in [0.25, 0.3) is 5.91 Å². The van der Waals surface area contributed by atoms with Crippen LogP contribution in [0.4, 0.5) is 0 Å². The lowest BCUT2D eigenvalue weighted by atomic mass is 10.1. The summed E-state index contributed by atoms with van der Waals surface area (Å²) in [5, 5.41) is 1.06. The van der Waals surface area contributed by atoms with Gasteiger partial charge in [-0.25, -0.2) is 4.98 Å². The molecule has 0 saturated carbocycles. The molecule has 3 aromatic rings. The first-order chi connectivity index (χ1) is 13.7. The van der Waals surface area contributed by atoms with Crippen molar-refractivity contribution >= 4 is 28.7 Å². The van der Waals surface area contributed by atoms with E-state index in [0.29, 0.717) is 37.4 Å². The molecule has 0 unspecified atom stereocenters. The van der Waals surface area contributed by atoms with Gasteiger partial charge in [-0.1, -0.05) is 36.4 Å². The normalized spacial score (nSPS) is 14.5. The molecule has 1 aliphatic rings. The van der Waals surface area contributed by atoms with Crippen molar-refractivity contribution in [3.05, 3.63) is 83.6 Å². The predicted octanol–water partition coefficient (Wildman–Crippen LogP) is 3.60. The van der Waals surface area contributed by atoms with Gasteiger partial charge >= 0.3 is 0 Å². The summed E-state index contributed by atoms with van der Waals surface area (Å²) in [5.41, 5.74) is 2.74. The highest BCUT2D eigenvalue weighted by atomic mass is 16.5. The zero-order valence-electron chi connectivity index (χ0n) is 15.4. The smallest absolute Gasteiger partial charge is 0.254 e. The number of allylic oxidation sites excluding steroid dienone is 1. The van der Waals surface area contributed by atoms with Gasteiger partial charge in [-0.15, -0.1) is 0 Å². The van der Waals surface area contributed by atoms with Gasteiger partial charge in [0, 0.05) is 29.6 Å². The fourth-order valence-electron chi connectivity index (χ4n) is 3.16. The van der Waals surface area contributed by atoms with Gasteiger partial charge in [0.05, 0.1) is 24.4 Å². The second-order valence-electron chi connectivity index (χ2n) is 6.61. The number of hydrogen-bond donors (Lipinski definition) is 0. The fraction of sp³-hybridized carbons (Fsp3) is 0.174. The highest BCUT2D eigenvalue weighted by Gasteiger charge is 2.18. The van der Waals surface area contributed by atoms with Crippen LogP contribution in [0.25, 0.3) is 17.0 Å². The number of ketones is 1. The van der Waals surface area contributed by atoms with Gasteiger partial charge in [0.1, 0.15) is 0 Å². The van der Waals surface area contributed by atoms with Crippen molar-refractivity contribution in [1.82, 2.24) is 9.88 Å². The van der Waals surface area contributed by atoms with Gasteiger partial charge < -0.3 is 9.64 Å². The summed E-state index contributed by atoms with van der Waals surface area (Å²) in [5.74, 6) is -0.154. The summed E-state index contributed by atoms with van der Waals surface area (Å²) in [6.45, 7) is 2.33. The Bertz CT molecular complexity index is 1040. The van der Waals surface area contributed by atoms with E-state index in [1.165, 1.54) is 6.08 Å². The number of nitrogens with zero attached hydrogens (tertiary/aromatic N) is 2. The number of amides is 1. The fourth-order valence-corrected chi connectivity index (χ4v) is 3.16. The quantitative estimate of drug-likeness (QED) is 0.519. The molecule has 0 atom stereocenters. The Balaban J connectivity index is 1.45. The number of fused-ring (bicyclic) bond motifs is 1. The number of carbonyl (C=O) groups excluding carboxylic acids is 2. The number of carbonyl (C=O) groups is 2. The van der Waals surface area contributed by atoms with Crippen LogP contribution in [0.3, 0.4) is 0 Å². The van der Waals surface area contributed by atoms with Crippen LogP contribution >= 0.6 is 0 Å². The minimum Gasteiger partial charge on any atom is -0.378 e. The molecule has 1 amide bonds. The molecular weight excluding hydrogens is 352 g/mol. The first-order valence-electron chi connectivity index (χ1n) is 9.26. The Morgan fingerprint density at radius 2 is 1.61 bits per heavy atom. The maximum absolute atomic E-state index is 12.5. The Labute approximate surface area is 163 Å². The maximum Gasteiger partial charge on any atom is 0.254 e. The molecule has 1 saturated heterocycles. The van der Waals surface area contributed by atoms with Crippen molar-refractivity contribution in [2.75, 3.05) is 26.3 Å². The topological polar surface area (TPSA) is 59.5 Å². The van der Waals surface area contributed by atoms with Gasteiger partial charge in [0.15, 0.2) is 5.78 Å². The molecule has 2 aromatic carbocycles. The molecule has 2 heterocycles. The highest BCUT2D eigenvalue weighted by Crippen LogP contribution is 2.14. The number of rotatable bonds is 4. The summed E-state index contributed by atoms with van der Waals surface area (Å²) >= 11 is 0. The van der Waals surface area contributed by atoms with E-state index in [4.69, 9.17) is 4.74 Å². The van der Waals surface area contributed by atoms with Crippen LogP contribution in [-0.2, 0) is 4.74 Å². The van der Waals surface area contributed by atoms with Crippen molar-refractivity contribution in [3.63, 3.8) is 0 Å². The first kappa shape index (κ1) is 18.1. The molecule has 5 nitrogen and oxygen atoms in total. The maximum atomic E-state index is 12.5. The van der Waals surface area contributed by atoms with Crippen LogP contribution in [0.2, 0.25) is 0 Å². The largest absolute Gasteiger partial charge is 0.378 e. The number of morpholine rings is 1. The summed E-state index contributed by atoms with van der Waals surface area (Å²) in [6.07, 6.45) is 3.22. The zero-order valence-corrected chi connectivity index (χ0v) is 15.4.